The van der Waals surface area contributed by atoms with Crippen molar-refractivity contribution in [2.75, 3.05) is 13.2 Å². The van der Waals surface area contributed by atoms with Crippen molar-refractivity contribution in [3.05, 3.63) is 48.6 Å². The Kier molecular flexibility index (Phi) is 68.6. The minimum absolute atomic E-state index is 0.0750. The molecule has 0 N–H and O–H groups in total. The molecule has 0 heterocycles. The number of hydrogen-bond donors (Lipinski definition) is 0. The molecule has 0 aliphatic heterocycles. The van der Waals surface area contributed by atoms with Crippen LogP contribution < -0.4 is 0 Å². The van der Waals surface area contributed by atoms with Crippen LogP contribution in [0.5, 0.6) is 0 Å². The van der Waals surface area contributed by atoms with E-state index < -0.39 is 6.10 Å². The minimum Gasteiger partial charge on any atom is -0.462 e. The Labute approximate surface area is 511 Å². The minimum atomic E-state index is -0.780. The van der Waals surface area contributed by atoms with Crippen LogP contribution in [0.3, 0.4) is 0 Å². The molecular formula is C76H140O6. The highest BCUT2D eigenvalue weighted by atomic mass is 16.6. The largest absolute Gasteiger partial charge is 0.462 e. The lowest BCUT2D eigenvalue weighted by atomic mass is 10.0. The van der Waals surface area contributed by atoms with E-state index in [-0.39, 0.29) is 31.1 Å². The van der Waals surface area contributed by atoms with Crippen molar-refractivity contribution in [3.8, 4) is 0 Å². The molecule has 0 aromatic heterocycles. The molecule has 0 radical (unpaired) electrons. The average Bonchev–Trinajstić information content (AvgIpc) is 3.47. The van der Waals surface area contributed by atoms with Gasteiger partial charge in [0.1, 0.15) is 13.2 Å². The van der Waals surface area contributed by atoms with Gasteiger partial charge in [-0.3, -0.25) is 14.4 Å². The van der Waals surface area contributed by atoms with Crippen molar-refractivity contribution < 1.29 is 28.6 Å². The monoisotopic (exact) mass is 1150 g/mol. The second kappa shape index (κ2) is 70.9. The molecule has 0 bridgehead atoms. The summed E-state index contributed by atoms with van der Waals surface area (Å²) < 4.78 is 16.9. The van der Waals surface area contributed by atoms with Gasteiger partial charge in [-0.2, -0.15) is 0 Å². The molecule has 6 heteroatoms. The number of carbonyl (C=O) groups excluding carboxylic acids is 3. The topological polar surface area (TPSA) is 78.9 Å². The predicted octanol–water partition coefficient (Wildman–Crippen LogP) is 25.3. The van der Waals surface area contributed by atoms with E-state index in [4.69, 9.17) is 14.2 Å². The molecule has 0 aliphatic carbocycles. The van der Waals surface area contributed by atoms with Crippen molar-refractivity contribution >= 4 is 17.9 Å². The lowest BCUT2D eigenvalue weighted by Gasteiger charge is -2.18. The van der Waals surface area contributed by atoms with E-state index in [0.717, 1.165) is 77.0 Å². The van der Waals surface area contributed by atoms with Gasteiger partial charge in [0.2, 0.25) is 0 Å². The number of carbonyl (C=O) groups is 3. The molecule has 1 atom stereocenters. The predicted molar refractivity (Wildman–Crippen MR) is 358 cm³/mol. The Morgan fingerprint density at radius 3 is 0.707 bits per heavy atom. The van der Waals surface area contributed by atoms with Gasteiger partial charge in [0.05, 0.1) is 0 Å². The molecule has 0 aromatic carbocycles. The normalized spacial score (nSPS) is 12.3. The first-order valence-electron chi connectivity index (χ1n) is 36.6. The summed E-state index contributed by atoms with van der Waals surface area (Å²) in [5, 5.41) is 0. The van der Waals surface area contributed by atoms with E-state index in [0.29, 0.717) is 19.3 Å². The number of allylic oxidation sites excluding steroid dienone is 8. The lowest BCUT2D eigenvalue weighted by Crippen LogP contribution is -2.30. The Balaban J connectivity index is 4.06. The summed E-state index contributed by atoms with van der Waals surface area (Å²) in [7, 11) is 0. The fourth-order valence-electron chi connectivity index (χ4n) is 11.0. The Morgan fingerprint density at radius 2 is 0.439 bits per heavy atom. The highest BCUT2D eigenvalue weighted by Gasteiger charge is 2.19. The second-order valence-corrected chi connectivity index (χ2v) is 24.8. The summed E-state index contributed by atoms with van der Waals surface area (Å²) >= 11 is 0. The SMILES string of the molecule is CCCCC/C=C\C/C=C\CCCCCCCCCC(=O)OC(COC(=O)CCCCCCC/C=C\CCCCC)COC(=O)CCCCCCCCCCCCCCCCCCCCCCCCC/C=C\CCCCCCCCCC. The molecule has 82 heavy (non-hydrogen) atoms. The fraction of sp³-hybridized carbons (Fsp3) is 0.855. The van der Waals surface area contributed by atoms with Crippen molar-refractivity contribution in [3.63, 3.8) is 0 Å². The van der Waals surface area contributed by atoms with E-state index >= 15 is 0 Å². The van der Waals surface area contributed by atoms with Crippen LogP contribution in [0, 0.1) is 0 Å². The number of esters is 3. The molecule has 0 aliphatic rings. The third-order valence-electron chi connectivity index (χ3n) is 16.5. The molecular weight excluding hydrogens is 1010 g/mol. The molecule has 0 rings (SSSR count). The average molecular weight is 1150 g/mol. The maximum absolute atomic E-state index is 12.9. The lowest BCUT2D eigenvalue weighted by molar-refractivity contribution is -0.167. The van der Waals surface area contributed by atoms with E-state index in [9.17, 15) is 14.4 Å². The zero-order valence-corrected chi connectivity index (χ0v) is 55.3. The van der Waals surface area contributed by atoms with Crippen molar-refractivity contribution in [1.82, 2.24) is 0 Å². The van der Waals surface area contributed by atoms with Gasteiger partial charge in [-0.05, 0) is 103 Å². The number of ether oxygens (including phenoxy) is 3. The molecule has 0 aromatic rings. The van der Waals surface area contributed by atoms with Crippen molar-refractivity contribution in [2.45, 2.75) is 406 Å². The first-order valence-corrected chi connectivity index (χ1v) is 36.6. The Morgan fingerprint density at radius 1 is 0.244 bits per heavy atom. The van der Waals surface area contributed by atoms with Crippen LogP contribution in [0.1, 0.15) is 400 Å². The van der Waals surface area contributed by atoms with E-state index in [1.807, 2.05) is 0 Å². The molecule has 0 saturated carbocycles. The highest BCUT2D eigenvalue weighted by Crippen LogP contribution is 2.18. The van der Waals surface area contributed by atoms with Crippen LogP contribution in [-0.2, 0) is 28.6 Å². The summed E-state index contributed by atoms with van der Waals surface area (Å²) in [6, 6.07) is 0. The van der Waals surface area contributed by atoms with Gasteiger partial charge in [-0.15, -0.1) is 0 Å². The molecule has 0 amide bonds. The van der Waals surface area contributed by atoms with E-state index in [2.05, 4.69) is 69.4 Å². The molecule has 0 saturated heterocycles. The van der Waals surface area contributed by atoms with Crippen LogP contribution in [-0.4, -0.2) is 37.2 Å². The van der Waals surface area contributed by atoms with Crippen LogP contribution in [0.15, 0.2) is 48.6 Å². The van der Waals surface area contributed by atoms with Gasteiger partial charge in [0, 0.05) is 19.3 Å². The third-order valence-corrected chi connectivity index (χ3v) is 16.5. The Bertz CT molecular complexity index is 1410. The molecule has 480 valence electrons. The van der Waals surface area contributed by atoms with Crippen molar-refractivity contribution in [1.29, 1.82) is 0 Å². The zero-order valence-electron chi connectivity index (χ0n) is 55.3. The summed E-state index contributed by atoms with van der Waals surface area (Å²) in [6.07, 6.45) is 90.3. The van der Waals surface area contributed by atoms with Gasteiger partial charge < -0.3 is 14.2 Å². The highest BCUT2D eigenvalue weighted by molar-refractivity contribution is 5.71. The first-order chi connectivity index (χ1) is 40.5. The van der Waals surface area contributed by atoms with Gasteiger partial charge in [0.25, 0.3) is 0 Å². The standard InChI is InChI=1S/C76H140O6/c1-4-7-10-13-16-19-22-25-27-29-30-31-32-33-34-35-36-37-38-39-40-41-42-43-44-45-46-48-49-51-54-57-60-63-66-69-75(78)81-72-73(71-80-74(77)68-65-62-59-56-53-24-21-18-15-12-9-6-3)82-76(79)70-67-64-61-58-55-52-50-47-28-26-23-20-17-14-11-8-5-2/h17-18,20-21,26,28-30,73H,4-16,19,22-25,27,31-72H2,1-3H3/b20-17-,21-18-,28-26-,30-29-. The number of hydrogen-bond acceptors (Lipinski definition) is 6. The van der Waals surface area contributed by atoms with Crippen LogP contribution in [0.2, 0.25) is 0 Å². The van der Waals surface area contributed by atoms with Crippen molar-refractivity contribution in [2.24, 2.45) is 0 Å². The van der Waals surface area contributed by atoms with Gasteiger partial charge >= 0.3 is 17.9 Å². The maximum Gasteiger partial charge on any atom is 0.306 e. The quantitative estimate of drug-likeness (QED) is 0.0261. The second-order valence-electron chi connectivity index (χ2n) is 24.8. The fourth-order valence-corrected chi connectivity index (χ4v) is 11.0. The van der Waals surface area contributed by atoms with Gasteiger partial charge in [-0.1, -0.05) is 326 Å². The smallest absolute Gasteiger partial charge is 0.306 e. The third kappa shape index (κ3) is 68.2. The zero-order chi connectivity index (χ0) is 59.2. The van der Waals surface area contributed by atoms with E-state index in [1.165, 1.54) is 283 Å². The van der Waals surface area contributed by atoms with E-state index in [1.54, 1.807) is 0 Å². The molecule has 6 nitrogen and oxygen atoms in total. The molecule has 0 fully saturated rings. The van der Waals surface area contributed by atoms with Crippen LogP contribution >= 0.6 is 0 Å². The summed E-state index contributed by atoms with van der Waals surface area (Å²) in [5.74, 6) is -0.869. The van der Waals surface area contributed by atoms with Crippen LogP contribution in [0.25, 0.3) is 0 Å². The first kappa shape index (κ1) is 79.4. The molecule has 1 unspecified atom stereocenters. The Hall–Kier alpha value is -2.63. The maximum atomic E-state index is 12.9. The van der Waals surface area contributed by atoms with Gasteiger partial charge in [0.15, 0.2) is 6.10 Å². The summed E-state index contributed by atoms with van der Waals surface area (Å²) in [4.78, 5) is 38.3. The van der Waals surface area contributed by atoms with Crippen LogP contribution in [0.4, 0.5) is 0 Å². The number of unbranched alkanes of at least 4 members (excludes halogenated alkanes) is 49. The molecule has 0 spiro atoms. The summed E-state index contributed by atoms with van der Waals surface area (Å²) in [6.45, 7) is 6.63. The summed E-state index contributed by atoms with van der Waals surface area (Å²) in [5.41, 5.74) is 0. The number of rotatable bonds is 68. The van der Waals surface area contributed by atoms with Gasteiger partial charge in [-0.25, -0.2) is 0 Å².